The van der Waals surface area contributed by atoms with Crippen molar-refractivity contribution >= 4 is 23.3 Å². The van der Waals surface area contributed by atoms with Gasteiger partial charge in [-0.2, -0.15) is 0 Å². The lowest BCUT2D eigenvalue weighted by Gasteiger charge is -2.27. The average molecular weight is 421 g/mol. The number of carbonyl (C=O) groups excluding carboxylic acids is 2. The van der Waals surface area contributed by atoms with Crippen molar-refractivity contribution in [2.45, 2.75) is 57.9 Å². The molecule has 6 heteroatoms. The first-order chi connectivity index (χ1) is 15.1. The third-order valence-electron chi connectivity index (χ3n) is 6.35. The minimum Gasteiger partial charge on any atom is -0.357 e. The number of nitrogens with one attached hydrogen (secondary N) is 1. The molecule has 0 unspecified atom stereocenters. The molecule has 1 saturated carbocycles. The van der Waals surface area contributed by atoms with E-state index in [1.54, 1.807) is 11.1 Å². The van der Waals surface area contributed by atoms with E-state index in [-0.39, 0.29) is 24.4 Å². The second-order valence-corrected chi connectivity index (χ2v) is 8.68. The summed E-state index contributed by atoms with van der Waals surface area (Å²) in [5, 5.41) is 3.14. The fourth-order valence-electron chi connectivity index (χ4n) is 4.60. The lowest BCUT2D eigenvalue weighted by atomic mass is 9.95. The van der Waals surface area contributed by atoms with E-state index in [2.05, 4.69) is 15.2 Å². The Morgan fingerprint density at radius 3 is 2.45 bits per heavy atom. The van der Waals surface area contributed by atoms with E-state index >= 15 is 0 Å². The molecule has 0 bridgehead atoms. The Morgan fingerprint density at radius 1 is 1.03 bits per heavy atom. The minimum absolute atomic E-state index is 0.00800. The van der Waals surface area contributed by atoms with Crippen LogP contribution in [0.5, 0.6) is 0 Å². The average Bonchev–Trinajstić information content (AvgIpc) is 3.33. The van der Waals surface area contributed by atoms with Gasteiger partial charge >= 0.3 is 0 Å². The molecule has 2 fully saturated rings. The predicted octanol–water partition coefficient (Wildman–Crippen LogP) is 4.09. The Morgan fingerprint density at radius 2 is 1.77 bits per heavy atom. The molecule has 1 N–H and O–H groups in total. The largest absolute Gasteiger partial charge is 0.357 e. The van der Waals surface area contributed by atoms with Crippen LogP contribution in [0.25, 0.3) is 0 Å². The number of rotatable bonds is 6. The second kappa shape index (κ2) is 9.94. The highest BCUT2D eigenvalue weighted by atomic mass is 16.2. The Labute approximate surface area is 184 Å². The quantitative estimate of drug-likeness (QED) is 0.765. The minimum atomic E-state index is -0.200. The standard InChI is InChI=1S/C25H32N4O2/c1-19-9-5-6-12-22(19)29(18-24(30)27-21-10-3-2-4-11-21)25(31)20-13-14-23(26-17-20)28-15-7-8-16-28/h5-6,9,12-14,17,21H,2-4,7-8,10-11,15-16,18H2,1H3,(H,27,30). The molecule has 0 atom stereocenters. The van der Waals surface area contributed by atoms with E-state index in [1.807, 2.05) is 43.3 Å². The number of hydrogen-bond acceptors (Lipinski definition) is 4. The number of anilines is 2. The van der Waals surface area contributed by atoms with Crippen molar-refractivity contribution in [2.75, 3.05) is 29.4 Å². The van der Waals surface area contributed by atoms with Crippen LogP contribution in [-0.4, -0.2) is 42.5 Å². The first kappa shape index (κ1) is 21.3. The molecule has 1 aromatic heterocycles. The summed E-state index contributed by atoms with van der Waals surface area (Å²) in [6.07, 6.45) is 9.58. The van der Waals surface area contributed by atoms with Crippen LogP contribution in [-0.2, 0) is 4.79 Å². The number of nitrogens with zero attached hydrogens (tertiary/aromatic N) is 3. The van der Waals surface area contributed by atoms with Crippen LogP contribution in [0.4, 0.5) is 11.5 Å². The van der Waals surface area contributed by atoms with E-state index in [0.717, 1.165) is 55.8 Å². The molecular weight excluding hydrogens is 388 g/mol. The van der Waals surface area contributed by atoms with Crippen LogP contribution in [0.15, 0.2) is 42.6 Å². The van der Waals surface area contributed by atoms with Gasteiger partial charge < -0.3 is 10.2 Å². The van der Waals surface area contributed by atoms with Crippen LogP contribution in [0.1, 0.15) is 60.9 Å². The Balaban J connectivity index is 1.52. The highest BCUT2D eigenvalue weighted by Crippen LogP contribution is 2.23. The van der Waals surface area contributed by atoms with Crippen molar-refractivity contribution < 1.29 is 9.59 Å². The fraction of sp³-hybridized carbons (Fsp3) is 0.480. The maximum atomic E-state index is 13.5. The van der Waals surface area contributed by atoms with Crippen LogP contribution in [0.2, 0.25) is 0 Å². The van der Waals surface area contributed by atoms with Gasteiger partial charge in [0.25, 0.3) is 5.91 Å². The van der Waals surface area contributed by atoms with E-state index in [1.165, 1.54) is 19.3 Å². The van der Waals surface area contributed by atoms with Crippen LogP contribution >= 0.6 is 0 Å². The number of carbonyl (C=O) groups is 2. The Bertz CT molecular complexity index is 900. The third-order valence-corrected chi connectivity index (χ3v) is 6.35. The molecule has 1 aliphatic carbocycles. The summed E-state index contributed by atoms with van der Waals surface area (Å²) < 4.78 is 0. The van der Waals surface area contributed by atoms with Crippen molar-refractivity contribution in [1.29, 1.82) is 0 Å². The van der Waals surface area contributed by atoms with Crippen molar-refractivity contribution in [2.24, 2.45) is 0 Å². The van der Waals surface area contributed by atoms with Crippen molar-refractivity contribution in [3.63, 3.8) is 0 Å². The highest BCUT2D eigenvalue weighted by Gasteiger charge is 2.24. The van der Waals surface area contributed by atoms with Crippen LogP contribution in [0, 0.1) is 6.92 Å². The van der Waals surface area contributed by atoms with Gasteiger partial charge in [0.05, 0.1) is 5.56 Å². The number of pyridine rings is 1. The van der Waals surface area contributed by atoms with E-state index in [0.29, 0.717) is 5.56 Å². The maximum absolute atomic E-state index is 13.5. The normalized spacial score (nSPS) is 16.9. The number of amides is 2. The lowest BCUT2D eigenvalue weighted by Crippen LogP contribution is -2.45. The van der Waals surface area contributed by atoms with Crippen molar-refractivity contribution in [1.82, 2.24) is 10.3 Å². The van der Waals surface area contributed by atoms with Gasteiger partial charge in [0.1, 0.15) is 12.4 Å². The topological polar surface area (TPSA) is 65.5 Å². The number of para-hydroxylation sites is 1. The fourth-order valence-corrected chi connectivity index (χ4v) is 4.60. The highest BCUT2D eigenvalue weighted by molar-refractivity contribution is 6.09. The second-order valence-electron chi connectivity index (χ2n) is 8.68. The van der Waals surface area contributed by atoms with Crippen molar-refractivity contribution in [3.8, 4) is 0 Å². The third kappa shape index (κ3) is 5.24. The molecule has 1 aliphatic heterocycles. The molecule has 31 heavy (non-hydrogen) atoms. The summed E-state index contributed by atoms with van der Waals surface area (Å²) in [6, 6.07) is 11.7. The molecule has 2 aromatic rings. The summed E-state index contributed by atoms with van der Waals surface area (Å²) in [4.78, 5) is 34.6. The zero-order chi connectivity index (χ0) is 21.6. The number of benzene rings is 1. The van der Waals surface area contributed by atoms with Gasteiger partial charge in [0.2, 0.25) is 5.91 Å². The van der Waals surface area contributed by atoms with Gasteiger partial charge in [0.15, 0.2) is 0 Å². The van der Waals surface area contributed by atoms with Gasteiger partial charge in [-0.25, -0.2) is 4.98 Å². The van der Waals surface area contributed by atoms with E-state index in [9.17, 15) is 9.59 Å². The van der Waals surface area contributed by atoms with Gasteiger partial charge in [0, 0.05) is 31.0 Å². The number of aromatic nitrogens is 1. The first-order valence-electron chi connectivity index (χ1n) is 11.5. The smallest absolute Gasteiger partial charge is 0.260 e. The van der Waals surface area contributed by atoms with Crippen LogP contribution in [0.3, 0.4) is 0 Å². The molecule has 164 valence electrons. The summed E-state index contributed by atoms with van der Waals surface area (Å²) in [5.74, 6) is 0.602. The zero-order valence-corrected chi connectivity index (χ0v) is 18.3. The lowest BCUT2D eigenvalue weighted by molar-refractivity contribution is -0.120. The Hall–Kier alpha value is -2.89. The summed E-state index contributed by atoms with van der Waals surface area (Å²) in [7, 11) is 0. The van der Waals surface area contributed by atoms with E-state index in [4.69, 9.17) is 0 Å². The van der Waals surface area contributed by atoms with Gasteiger partial charge in [-0.15, -0.1) is 0 Å². The molecule has 6 nitrogen and oxygen atoms in total. The predicted molar refractivity (Wildman–Crippen MR) is 124 cm³/mol. The Kier molecular flexibility index (Phi) is 6.85. The summed E-state index contributed by atoms with van der Waals surface area (Å²) in [5.41, 5.74) is 2.22. The first-order valence-corrected chi connectivity index (χ1v) is 11.5. The molecule has 0 radical (unpaired) electrons. The molecule has 1 aromatic carbocycles. The SMILES string of the molecule is Cc1ccccc1N(CC(=O)NC1CCCCC1)C(=O)c1ccc(N2CCCC2)nc1. The number of hydrogen-bond donors (Lipinski definition) is 1. The molecule has 0 spiro atoms. The van der Waals surface area contributed by atoms with Gasteiger partial charge in [-0.1, -0.05) is 37.5 Å². The van der Waals surface area contributed by atoms with E-state index < -0.39 is 0 Å². The molecule has 2 amide bonds. The summed E-state index contributed by atoms with van der Waals surface area (Å²) in [6.45, 7) is 3.99. The maximum Gasteiger partial charge on any atom is 0.260 e. The molecule has 4 rings (SSSR count). The summed E-state index contributed by atoms with van der Waals surface area (Å²) >= 11 is 0. The van der Waals surface area contributed by atoms with Crippen molar-refractivity contribution in [3.05, 3.63) is 53.7 Å². The number of aryl methyl sites for hydroxylation is 1. The van der Waals surface area contributed by atoms with Crippen LogP contribution < -0.4 is 15.1 Å². The molecule has 1 saturated heterocycles. The zero-order valence-electron chi connectivity index (χ0n) is 18.3. The molecule has 2 heterocycles. The molecular formula is C25H32N4O2. The van der Waals surface area contributed by atoms with Gasteiger partial charge in [-0.3, -0.25) is 14.5 Å². The monoisotopic (exact) mass is 420 g/mol. The van der Waals surface area contributed by atoms with Gasteiger partial charge in [-0.05, 0) is 56.4 Å². The molecule has 2 aliphatic rings.